The molecule has 1 aromatic carbocycles. The van der Waals surface area contributed by atoms with Crippen LogP contribution in [0, 0.1) is 0 Å². The average molecular weight is 316 g/mol. The lowest BCUT2D eigenvalue weighted by Gasteiger charge is -2.21. The maximum absolute atomic E-state index is 12.3. The minimum atomic E-state index is 0.0680. The van der Waals surface area contributed by atoms with Gasteiger partial charge in [-0.3, -0.25) is 4.79 Å². The van der Waals surface area contributed by atoms with Crippen molar-refractivity contribution in [3.05, 3.63) is 28.2 Å². The lowest BCUT2D eigenvalue weighted by atomic mass is 10.2. The van der Waals surface area contributed by atoms with Gasteiger partial charge in [0.2, 0.25) is 0 Å². The van der Waals surface area contributed by atoms with Crippen LogP contribution in [0.3, 0.4) is 0 Å². The van der Waals surface area contributed by atoms with Crippen molar-refractivity contribution in [3.63, 3.8) is 0 Å². The van der Waals surface area contributed by atoms with E-state index < -0.39 is 0 Å². The van der Waals surface area contributed by atoms with Crippen LogP contribution >= 0.6 is 28.6 Å². The van der Waals surface area contributed by atoms with Crippen LogP contribution in [0.2, 0.25) is 0 Å². The zero-order valence-electron chi connectivity index (χ0n) is 10.2. The van der Waals surface area contributed by atoms with E-state index in [1.165, 1.54) is 0 Å². The van der Waals surface area contributed by atoms with Crippen molar-refractivity contribution in [2.45, 2.75) is 31.6 Å². The molecule has 0 aromatic heterocycles. The van der Waals surface area contributed by atoms with Crippen LogP contribution in [0.1, 0.15) is 37.0 Å². The Labute approximate surface area is 117 Å². The lowest BCUT2D eigenvalue weighted by molar-refractivity contribution is 0.0759. The number of halogens is 1. The van der Waals surface area contributed by atoms with E-state index in [-0.39, 0.29) is 5.91 Å². The molecule has 0 saturated heterocycles. The third kappa shape index (κ3) is 4.03. The summed E-state index contributed by atoms with van der Waals surface area (Å²) >= 11 is 7.72. The molecular formula is C13H18BrNOS. The predicted octanol–water partition coefficient (Wildman–Crippen LogP) is 4.00. The summed E-state index contributed by atoms with van der Waals surface area (Å²) in [5, 5.41) is 0. The number of hydrogen-bond donors (Lipinski definition) is 1. The summed E-state index contributed by atoms with van der Waals surface area (Å²) in [5.74, 6) is 0.0680. The van der Waals surface area contributed by atoms with E-state index in [1.54, 1.807) is 0 Å². The molecule has 0 bridgehead atoms. The molecule has 0 saturated carbocycles. The van der Waals surface area contributed by atoms with Gasteiger partial charge in [0.05, 0.1) is 5.56 Å². The number of carbonyl (C=O) groups excluding carboxylic acids is 1. The van der Waals surface area contributed by atoms with E-state index in [1.807, 2.05) is 30.0 Å². The number of thiol groups is 1. The van der Waals surface area contributed by atoms with E-state index in [0.717, 1.165) is 35.3 Å². The number of nitrogens with zero attached hydrogens (tertiary/aromatic N) is 1. The lowest BCUT2D eigenvalue weighted by Crippen LogP contribution is -2.32. The molecule has 17 heavy (non-hydrogen) atoms. The summed E-state index contributed by atoms with van der Waals surface area (Å²) < 4.78 is 0.940. The number of rotatable bonds is 5. The van der Waals surface area contributed by atoms with Crippen LogP contribution in [0.15, 0.2) is 27.6 Å². The minimum absolute atomic E-state index is 0.0680. The van der Waals surface area contributed by atoms with Gasteiger partial charge < -0.3 is 4.90 Å². The monoisotopic (exact) mass is 315 g/mol. The SMILES string of the molecule is CCCCN(CC)C(=O)c1ccc(Br)cc1S. The van der Waals surface area contributed by atoms with Gasteiger partial charge in [-0.25, -0.2) is 0 Å². The number of hydrogen-bond acceptors (Lipinski definition) is 2. The first-order valence-corrected chi connectivity index (χ1v) is 7.12. The first-order chi connectivity index (χ1) is 8.10. The molecule has 2 nitrogen and oxygen atoms in total. The molecule has 0 aliphatic heterocycles. The molecule has 0 atom stereocenters. The molecule has 0 aliphatic rings. The van der Waals surface area contributed by atoms with E-state index in [0.29, 0.717) is 5.56 Å². The molecule has 0 N–H and O–H groups in total. The third-order valence-corrected chi connectivity index (χ3v) is 3.50. The molecule has 0 fully saturated rings. The maximum atomic E-state index is 12.3. The van der Waals surface area contributed by atoms with E-state index in [9.17, 15) is 4.79 Å². The maximum Gasteiger partial charge on any atom is 0.254 e. The highest BCUT2D eigenvalue weighted by molar-refractivity contribution is 9.10. The van der Waals surface area contributed by atoms with Crippen LogP contribution in [-0.4, -0.2) is 23.9 Å². The van der Waals surface area contributed by atoms with Crippen molar-refractivity contribution in [1.82, 2.24) is 4.90 Å². The van der Waals surface area contributed by atoms with Gasteiger partial charge in [-0.2, -0.15) is 0 Å². The van der Waals surface area contributed by atoms with Crippen molar-refractivity contribution < 1.29 is 4.79 Å². The fourth-order valence-electron chi connectivity index (χ4n) is 1.61. The fraction of sp³-hybridized carbons (Fsp3) is 0.462. The predicted molar refractivity (Wildman–Crippen MR) is 77.9 cm³/mol. The molecule has 94 valence electrons. The van der Waals surface area contributed by atoms with Crippen molar-refractivity contribution in [2.75, 3.05) is 13.1 Å². The quantitative estimate of drug-likeness (QED) is 0.814. The number of benzene rings is 1. The highest BCUT2D eigenvalue weighted by Crippen LogP contribution is 2.21. The second-order valence-electron chi connectivity index (χ2n) is 3.90. The molecule has 1 aromatic rings. The molecule has 0 spiro atoms. The summed E-state index contributed by atoms with van der Waals surface area (Å²) in [6.45, 7) is 5.68. The summed E-state index contributed by atoms with van der Waals surface area (Å²) in [6.07, 6.45) is 2.13. The van der Waals surface area contributed by atoms with Crippen molar-refractivity contribution in [3.8, 4) is 0 Å². The smallest absolute Gasteiger partial charge is 0.254 e. The van der Waals surface area contributed by atoms with Gasteiger partial charge in [-0.1, -0.05) is 29.3 Å². The van der Waals surface area contributed by atoms with E-state index >= 15 is 0 Å². The first kappa shape index (κ1) is 14.6. The zero-order chi connectivity index (χ0) is 12.8. The Morgan fingerprint density at radius 1 is 1.41 bits per heavy atom. The second-order valence-corrected chi connectivity index (χ2v) is 5.30. The normalized spacial score (nSPS) is 10.4. The fourth-order valence-corrected chi connectivity index (χ4v) is 2.46. The largest absolute Gasteiger partial charge is 0.339 e. The topological polar surface area (TPSA) is 20.3 Å². The molecule has 0 radical (unpaired) electrons. The zero-order valence-corrected chi connectivity index (χ0v) is 12.7. The van der Waals surface area contributed by atoms with Gasteiger partial charge in [0.15, 0.2) is 0 Å². The summed E-state index contributed by atoms with van der Waals surface area (Å²) in [5.41, 5.74) is 0.675. The molecular weight excluding hydrogens is 298 g/mol. The van der Waals surface area contributed by atoms with Gasteiger partial charge >= 0.3 is 0 Å². The molecule has 0 aliphatic carbocycles. The van der Waals surface area contributed by atoms with Crippen molar-refractivity contribution in [2.24, 2.45) is 0 Å². The molecule has 4 heteroatoms. The van der Waals surface area contributed by atoms with Gasteiger partial charge in [-0.05, 0) is 31.5 Å². The highest BCUT2D eigenvalue weighted by atomic mass is 79.9. The Balaban J connectivity index is 2.86. The Morgan fingerprint density at radius 2 is 2.12 bits per heavy atom. The minimum Gasteiger partial charge on any atom is -0.339 e. The van der Waals surface area contributed by atoms with Crippen LogP contribution in [0.5, 0.6) is 0 Å². The van der Waals surface area contributed by atoms with Crippen molar-refractivity contribution >= 4 is 34.5 Å². The van der Waals surface area contributed by atoms with E-state index in [2.05, 4.69) is 35.5 Å². The Hall–Kier alpha value is -0.480. The van der Waals surface area contributed by atoms with Gasteiger partial charge in [0.25, 0.3) is 5.91 Å². The van der Waals surface area contributed by atoms with Crippen LogP contribution < -0.4 is 0 Å². The average Bonchev–Trinajstić information content (AvgIpc) is 2.29. The third-order valence-electron chi connectivity index (χ3n) is 2.64. The van der Waals surface area contributed by atoms with Crippen LogP contribution in [-0.2, 0) is 0 Å². The number of amides is 1. The molecule has 1 amide bonds. The molecule has 1 rings (SSSR count). The van der Waals surface area contributed by atoms with Crippen LogP contribution in [0.4, 0.5) is 0 Å². The second kappa shape index (κ2) is 7.07. The van der Waals surface area contributed by atoms with Gasteiger partial charge in [0, 0.05) is 22.5 Å². The Bertz CT molecular complexity index is 395. The standard InChI is InChI=1S/C13H18BrNOS/c1-3-5-8-15(4-2)13(16)11-7-6-10(14)9-12(11)17/h6-7,9,17H,3-5,8H2,1-2H3. The van der Waals surface area contributed by atoms with E-state index in [4.69, 9.17) is 0 Å². The van der Waals surface area contributed by atoms with Crippen molar-refractivity contribution in [1.29, 1.82) is 0 Å². The Morgan fingerprint density at radius 3 is 2.65 bits per heavy atom. The highest BCUT2D eigenvalue weighted by Gasteiger charge is 2.15. The van der Waals surface area contributed by atoms with Gasteiger partial charge in [0.1, 0.15) is 0 Å². The van der Waals surface area contributed by atoms with Gasteiger partial charge in [-0.15, -0.1) is 12.6 Å². The summed E-state index contributed by atoms with van der Waals surface area (Å²) in [7, 11) is 0. The first-order valence-electron chi connectivity index (χ1n) is 5.88. The van der Waals surface area contributed by atoms with Crippen LogP contribution in [0.25, 0.3) is 0 Å². The molecule has 0 unspecified atom stereocenters. The number of unbranched alkanes of at least 4 members (excludes halogenated alkanes) is 1. The summed E-state index contributed by atoms with van der Waals surface area (Å²) in [6, 6.07) is 5.55. The molecule has 0 heterocycles. The number of carbonyl (C=O) groups is 1. The Kier molecular flexibility index (Phi) is 6.06. The summed E-state index contributed by atoms with van der Waals surface area (Å²) in [4.78, 5) is 14.9.